The fourth-order valence-corrected chi connectivity index (χ4v) is 2.40. The van der Waals surface area contributed by atoms with Crippen LogP contribution in [0.3, 0.4) is 0 Å². The third-order valence-corrected chi connectivity index (χ3v) is 3.77. The molecule has 2 N–H and O–H groups in total. The number of rotatable bonds is 4. The topological polar surface area (TPSA) is 99.2 Å². The van der Waals surface area contributed by atoms with E-state index in [-0.39, 0.29) is 19.6 Å². The molecule has 0 radical (unpaired) electrons. The number of aliphatic carboxylic acids is 1. The molecule has 1 saturated heterocycles. The monoisotopic (exact) mass is 347 g/mol. The molecule has 1 fully saturated rings. The second kappa shape index (κ2) is 8.28. The molecule has 1 heterocycles. The fourth-order valence-electron chi connectivity index (χ4n) is 2.09. The molecule has 1 atom stereocenters. The standard InChI is InChI=1S/C14H25N3O5S/c1-14(2,3)22-13(21)16-6-7-17(10(9-16)11(18)19)12(20)15-5-8-23-4/h10H,5-9H2,1-4H3,(H,15,20)(H,18,19). The molecule has 1 aliphatic rings. The normalized spacial score (nSPS) is 18.5. The molecular weight excluding hydrogens is 322 g/mol. The van der Waals surface area contributed by atoms with Gasteiger partial charge in [0.25, 0.3) is 0 Å². The Bertz CT molecular complexity index is 452. The summed E-state index contributed by atoms with van der Waals surface area (Å²) in [5.41, 5.74) is -0.651. The second-order valence-corrected chi connectivity index (χ2v) is 7.18. The highest BCUT2D eigenvalue weighted by atomic mass is 32.2. The number of carbonyl (C=O) groups excluding carboxylic acids is 2. The predicted molar refractivity (Wildman–Crippen MR) is 87.7 cm³/mol. The summed E-state index contributed by atoms with van der Waals surface area (Å²) in [5, 5.41) is 12.0. The van der Waals surface area contributed by atoms with Crippen LogP contribution in [0.25, 0.3) is 0 Å². The molecule has 8 nitrogen and oxygen atoms in total. The Morgan fingerprint density at radius 2 is 1.96 bits per heavy atom. The first-order valence-electron chi connectivity index (χ1n) is 7.40. The molecule has 1 unspecified atom stereocenters. The van der Waals surface area contributed by atoms with E-state index in [1.807, 2.05) is 6.26 Å². The van der Waals surface area contributed by atoms with Gasteiger partial charge < -0.3 is 25.0 Å². The number of hydrogen-bond donors (Lipinski definition) is 2. The van der Waals surface area contributed by atoms with Crippen LogP contribution in [0.5, 0.6) is 0 Å². The van der Waals surface area contributed by atoms with E-state index in [0.29, 0.717) is 6.54 Å². The predicted octanol–water partition coefficient (Wildman–Crippen LogP) is 1.06. The Balaban J connectivity index is 2.69. The van der Waals surface area contributed by atoms with E-state index in [1.165, 1.54) is 9.80 Å². The number of thioether (sulfide) groups is 1. The van der Waals surface area contributed by atoms with Gasteiger partial charge in [0.15, 0.2) is 0 Å². The Morgan fingerprint density at radius 1 is 1.30 bits per heavy atom. The van der Waals surface area contributed by atoms with E-state index >= 15 is 0 Å². The van der Waals surface area contributed by atoms with Gasteiger partial charge in [-0.2, -0.15) is 11.8 Å². The quantitative estimate of drug-likeness (QED) is 0.738. The minimum absolute atomic E-state index is 0.0831. The van der Waals surface area contributed by atoms with Crippen molar-refractivity contribution >= 4 is 29.9 Å². The molecule has 0 aromatic heterocycles. The summed E-state index contributed by atoms with van der Waals surface area (Å²) in [6.07, 6.45) is 1.36. The van der Waals surface area contributed by atoms with Crippen LogP contribution in [-0.2, 0) is 9.53 Å². The zero-order chi connectivity index (χ0) is 17.6. The summed E-state index contributed by atoms with van der Waals surface area (Å²) in [6, 6.07) is -1.50. The molecule has 0 aromatic rings. The van der Waals surface area contributed by atoms with Crippen molar-refractivity contribution in [2.45, 2.75) is 32.4 Å². The Kier molecular flexibility index (Phi) is 6.99. The number of piperazine rings is 1. The molecular formula is C14H25N3O5S. The van der Waals surface area contributed by atoms with Crippen LogP contribution < -0.4 is 5.32 Å². The Morgan fingerprint density at radius 3 is 2.48 bits per heavy atom. The van der Waals surface area contributed by atoms with Gasteiger partial charge in [-0.05, 0) is 27.0 Å². The van der Waals surface area contributed by atoms with Crippen molar-refractivity contribution in [2.75, 3.05) is 38.2 Å². The molecule has 3 amide bonds. The molecule has 0 bridgehead atoms. The summed E-state index contributed by atoms with van der Waals surface area (Å²) >= 11 is 1.59. The number of amides is 3. The zero-order valence-corrected chi connectivity index (χ0v) is 14.8. The van der Waals surface area contributed by atoms with Crippen LogP contribution in [-0.4, -0.2) is 82.8 Å². The van der Waals surface area contributed by atoms with Crippen molar-refractivity contribution in [1.82, 2.24) is 15.1 Å². The molecule has 9 heteroatoms. The van der Waals surface area contributed by atoms with Crippen LogP contribution in [0.4, 0.5) is 9.59 Å². The van der Waals surface area contributed by atoms with Gasteiger partial charge in [-0.1, -0.05) is 0 Å². The number of hydrogen-bond acceptors (Lipinski definition) is 5. The van der Waals surface area contributed by atoms with E-state index in [0.717, 1.165) is 5.75 Å². The van der Waals surface area contributed by atoms with Gasteiger partial charge in [0.2, 0.25) is 0 Å². The summed E-state index contributed by atoms with van der Waals surface area (Å²) < 4.78 is 5.25. The molecule has 0 aliphatic carbocycles. The average Bonchev–Trinajstić information content (AvgIpc) is 2.44. The number of carboxylic acids is 1. The first kappa shape index (κ1) is 19.4. The highest BCUT2D eigenvalue weighted by molar-refractivity contribution is 7.98. The third-order valence-electron chi connectivity index (χ3n) is 3.16. The molecule has 132 valence electrons. The molecule has 0 saturated carbocycles. The number of nitrogens with one attached hydrogen (secondary N) is 1. The Labute approximate surface area is 140 Å². The smallest absolute Gasteiger partial charge is 0.410 e. The third kappa shape index (κ3) is 6.17. The van der Waals surface area contributed by atoms with E-state index < -0.39 is 29.7 Å². The minimum Gasteiger partial charge on any atom is -0.480 e. The lowest BCUT2D eigenvalue weighted by molar-refractivity contribution is -0.144. The lowest BCUT2D eigenvalue weighted by atomic mass is 10.1. The summed E-state index contributed by atoms with van der Waals surface area (Å²) in [7, 11) is 0. The van der Waals surface area contributed by atoms with E-state index in [2.05, 4.69) is 5.32 Å². The molecule has 1 rings (SSSR count). The number of carbonyl (C=O) groups is 3. The van der Waals surface area contributed by atoms with Crippen molar-refractivity contribution < 1.29 is 24.2 Å². The summed E-state index contributed by atoms with van der Waals surface area (Å²) in [4.78, 5) is 38.2. The fraction of sp³-hybridized carbons (Fsp3) is 0.786. The average molecular weight is 347 g/mol. The zero-order valence-electron chi connectivity index (χ0n) is 14.0. The van der Waals surface area contributed by atoms with Gasteiger partial charge in [-0.25, -0.2) is 14.4 Å². The second-order valence-electron chi connectivity index (χ2n) is 6.20. The van der Waals surface area contributed by atoms with Crippen LogP contribution in [0.2, 0.25) is 0 Å². The summed E-state index contributed by atoms with van der Waals surface area (Å²) in [5.74, 6) is -0.389. The van der Waals surface area contributed by atoms with Crippen molar-refractivity contribution in [3.05, 3.63) is 0 Å². The number of urea groups is 1. The maximum Gasteiger partial charge on any atom is 0.410 e. The maximum absolute atomic E-state index is 12.1. The lowest BCUT2D eigenvalue weighted by Gasteiger charge is -2.39. The maximum atomic E-state index is 12.1. The van der Waals surface area contributed by atoms with Crippen molar-refractivity contribution in [3.8, 4) is 0 Å². The highest BCUT2D eigenvalue weighted by Crippen LogP contribution is 2.15. The highest BCUT2D eigenvalue weighted by Gasteiger charge is 2.38. The Hall–Kier alpha value is -1.64. The SMILES string of the molecule is CSCCNC(=O)N1CCN(C(=O)OC(C)(C)C)CC1C(=O)O. The number of ether oxygens (including phenoxy) is 1. The number of carboxylic acid groups (broad SMARTS) is 1. The largest absolute Gasteiger partial charge is 0.480 e. The van der Waals surface area contributed by atoms with Crippen LogP contribution in [0.1, 0.15) is 20.8 Å². The molecule has 23 heavy (non-hydrogen) atoms. The van der Waals surface area contributed by atoms with Gasteiger partial charge in [0, 0.05) is 25.4 Å². The van der Waals surface area contributed by atoms with E-state index in [9.17, 15) is 19.5 Å². The first-order valence-corrected chi connectivity index (χ1v) is 8.79. The summed E-state index contributed by atoms with van der Waals surface area (Å²) in [6.45, 7) is 6.02. The number of nitrogens with zero attached hydrogens (tertiary/aromatic N) is 2. The van der Waals surface area contributed by atoms with Gasteiger partial charge in [-0.3, -0.25) is 0 Å². The van der Waals surface area contributed by atoms with Gasteiger partial charge >= 0.3 is 18.1 Å². The van der Waals surface area contributed by atoms with E-state index in [4.69, 9.17) is 4.74 Å². The van der Waals surface area contributed by atoms with Gasteiger partial charge in [-0.15, -0.1) is 0 Å². The van der Waals surface area contributed by atoms with Gasteiger partial charge in [0.1, 0.15) is 11.6 Å². The van der Waals surface area contributed by atoms with Crippen LogP contribution in [0.15, 0.2) is 0 Å². The molecule has 0 aromatic carbocycles. The van der Waals surface area contributed by atoms with E-state index in [1.54, 1.807) is 32.5 Å². The van der Waals surface area contributed by atoms with Crippen molar-refractivity contribution in [2.24, 2.45) is 0 Å². The lowest BCUT2D eigenvalue weighted by Crippen LogP contribution is -2.61. The van der Waals surface area contributed by atoms with Crippen LogP contribution >= 0.6 is 11.8 Å². The van der Waals surface area contributed by atoms with Crippen molar-refractivity contribution in [3.63, 3.8) is 0 Å². The molecule has 0 spiro atoms. The van der Waals surface area contributed by atoms with Gasteiger partial charge in [0.05, 0.1) is 6.54 Å². The molecule has 1 aliphatic heterocycles. The minimum atomic E-state index is -1.14. The van der Waals surface area contributed by atoms with Crippen molar-refractivity contribution in [1.29, 1.82) is 0 Å². The van der Waals surface area contributed by atoms with Crippen LogP contribution in [0, 0.1) is 0 Å². The first-order chi connectivity index (χ1) is 10.7.